The normalized spacial score (nSPS) is 13.0. The molecular formula is C33H41F3N8O5S. The lowest BCUT2D eigenvalue weighted by Gasteiger charge is -2.25. The molecule has 0 fully saturated rings. The van der Waals surface area contributed by atoms with Crippen LogP contribution in [0.5, 0.6) is 5.75 Å². The van der Waals surface area contributed by atoms with Gasteiger partial charge in [-0.3, -0.25) is 24.2 Å². The number of alkyl halides is 3. The smallest absolute Gasteiger partial charge is 0.416 e. The summed E-state index contributed by atoms with van der Waals surface area (Å²) in [6.07, 6.45) is -2.73. The Hall–Kier alpha value is -5.16. The van der Waals surface area contributed by atoms with Crippen LogP contribution >= 0.6 is 11.3 Å². The number of primary amides is 1. The zero-order chi connectivity index (χ0) is 36.7. The molecule has 0 saturated heterocycles. The molecule has 0 unspecified atom stereocenters. The fourth-order valence-corrected chi connectivity index (χ4v) is 5.34. The number of rotatable bonds is 19. The number of aliphatic imine (C=N–C) groups is 1. The molecule has 3 atom stereocenters. The predicted octanol–water partition coefficient (Wildman–Crippen LogP) is 2.45. The van der Waals surface area contributed by atoms with Crippen molar-refractivity contribution < 1.29 is 37.1 Å². The Morgan fingerprint density at radius 2 is 1.46 bits per heavy atom. The van der Waals surface area contributed by atoms with E-state index in [0.717, 1.165) is 12.1 Å². The number of ether oxygens (including phenoxy) is 1. The van der Waals surface area contributed by atoms with Crippen LogP contribution in [-0.4, -0.2) is 54.8 Å². The number of hydrogen-bond acceptors (Lipinski definition) is 8. The number of nitrogens with one attached hydrogen (secondary N) is 3. The summed E-state index contributed by atoms with van der Waals surface area (Å²) in [4.78, 5) is 56.7. The van der Waals surface area contributed by atoms with Gasteiger partial charge in [0.15, 0.2) is 5.96 Å². The zero-order valence-electron chi connectivity index (χ0n) is 27.1. The van der Waals surface area contributed by atoms with Crippen LogP contribution in [0.2, 0.25) is 0 Å². The van der Waals surface area contributed by atoms with Crippen molar-refractivity contribution in [3.8, 4) is 5.75 Å². The van der Waals surface area contributed by atoms with Crippen molar-refractivity contribution >= 4 is 40.9 Å². The maximum atomic E-state index is 13.5. The summed E-state index contributed by atoms with van der Waals surface area (Å²) in [7, 11) is 0. The standard InChI is InChI=1S/C33H41F3N8O5S/c34-33(35,36)22-12-8-20(9-13-22)19-49-23-14-10-21(11-15-23)27(28(38)45)44-30(47)24(5-1-2-16-37)42-29(46)25(6-3-17-41-32(39)40)43-31(48)26-7-4-18-50-26/h4,7-15,18,24-25,27H,1-3,5-6,16-17,19,37H2,(H2,38,45)(H,42,46)(H,43,48)(H,44,47)(H4,39,40,41)/t24-,25-,27+/m0/s1. The predicted molar refractivity (Wildman–Crippen MR) is 183 cm³/mol. The van der Waals surface area contributed by atoms with Gasteiger partial charge in [-0.1, -0.05) is 30.3 Å². The van der Waals surface area contributed by atoms with Crippen LogP contribution in [0, 0.1) is 0 Å². The Balaban J connectivity index is 1.70. The molecule has 0 spiro atoms. The summed E-state index contributed by atoms with van der Waals surface area (Å²) in [5.74, 6) is -2.42. The van der Waals surface area contributed by atoms with Crippen LogP contribution in [0.15, 0.2) is 71.0 Å². The van der Waals surface area contributed by atoms with Crippen molar-refractivity contribution in [1.29, 1.82) is 0 Å². The first kappa shape index (κ1) is 39.3. The van der Waals surface area contributed by atoms with E-state index in [0.29, 0.717) is 47.6 Å². The van der Waals surface area contributed by atoms with E-state index in [1.807, 2.05) is 0 Å². The first-order chi connectivity index (χ1) is 23.8. The second-order valence-electron chi connectivity index (χ2n) is 11.2. The van der Waals surface area contributed by atoms with E-state index in [9.17, 15) is 32.3 Å². The second kappa shape index (κ2) is 19.1. The molecular weight excluding hydrogens is 677 g/mol. The Morgan fingerprint density at radius 3 is 2.04 bits per heavy atom. The minimum atomic E-state index is -4.45. The maximum Gasteiger partial charge on any atom is 0.416 e. The number of unbranched alkanes of at least 4 members (excludes halogenated alkanes) is 1. The average molecular weight is 719 g/mol. The molecule has 0 radical (unpaired) electrons. The van der Waals surface area contributed by atoms with Crippen LogP contribution < -0.4 is 43.6 Å². The number of halogens is 3. The molecule has 1 aromatic heterocycles. The van der Waals surface area contributed by atoms with Crippen molar-refractivity contribution in [3.05, 3.63) is 87.6 Å². The van der Waals surface area contributed by atoms with Crippen molar-refractivity contribution in [2.75, 3.05) is 13.1 Å². The number of carbonyl (C=O) groups is 4. The lowest BCUT2D eigenvalue weighted by molar-refractivity contribution is -0.137. The summed E-state index contributed by atoms with van der Waals surface area (Å²) in [5.41, 5.74) is 22.1. The summed E-state index contributed by atoms with van der Waals surface area (Å²) < 4.78 is 44.2. The van der Waals surface area contributed by atoms with Gasteiger partial charge < -0.3 is 43.6 Å². The minimum Gasteiger partial charge on any atom is -0.489 e. The highest BCUT2D eigenvalue weighted by Crippen LogP contribution is 2.29. The Bertz CT molecular complexity index is 1580. The highest BCUT2D eigenvalue weighted by molar-refractivity contribution is 7.12. The van der Waals surface area contributed by atoms with E-state index in [4.69, 9.17) is 27.7 Å². The lowest BCUT2D eigenvalue weighted by atomic mass is 10.0. The number of amides is 4. The zero-order valence-corrected chi connectivity index (χ0v) is 27.9. The molecule has 3 rings (SSSR count). The Kier molecular flexibility index (Phi) is 15.0. The van der Waals surface area contributed by atoms with Gasteiger partial charge in [0, 0.05) is 6.54 Å². The molecule has 0 bridgehead atoms. The van der Waals surface area contributed by atoms with E-state index in [-0.39, 0.29) is 32.0 Å². The number of benzene rings is 2. The number of thiophene rings is 1. The monoisotopic (exact) mass is 718 g/mol. The largest absolute Gasteiger partial charge is 0.489 e. The topological polar surface area (TPSA) is 230 Å². The molecule has 3 aromatic rings. The van der Waals surface area contributed by atoms with Gasteiger partial charge in [0.1, 0.15) is 30.5 Å². The number of hydrogen-bond donors (Lipinski definition) is 7. The van der Waals surface area contributed by atoms with Crippen molar-refractivity contribution in [1.82, 2.24) is 16.0 Å². The third kappa shape index (κ3) is 12.7. The third-order valence-electron chi connectivity index (χ3n) is 7.36. The fourth-order valence-electron chi connectivity index (χ4n) is 4.72. The molecule has 0 aliphatic carbocycles. The van der Waals surface area contributed by atoms with Gasteiger partial charge in [-0.15, -0.1) is 11.3 Å². The maximum absolute atomic E-state index is 13.5. The van der Waals surface area contributed by atoms with Crippen LogP contribution in [0.3, 0.4) is 0 Å². The number of nitrogens with zero attached hydrogens (tertiary/aromatic N) is 1. The summed E-state index contributed by atoms with van der Waals surface area (Å²) >= 11 is 1.20. The minimum absolute atomic E-state index is 0.0132. The molecule has 2 aromatic carbocycles. The van der Waals surface area contributed by atoms with Crippen molar-refractivity contribution in [2.45, 2.75) is 63.0 Å². The van der Waals surface area contributed by atoms with Gasteiger partial charge in [-0.25, -0.2) is 0 Å². The lowest BCUT2D eigenvalue weighted by Crippen LogP contribution is -2.54. The molecule has 13 nitrogen and oxygen atoms in total. The quantitative estimate of drug-likeness (QED) is 0.0552. The third-order valence-corrected chi connectivity index (χ3v) is 8.23. The van der Waals surface area contributed by atoms with Crippen LogP contribution in [-0.2, 0) is 27.2 Å². The van der Waals surface area contributed by atoms with Gasteiger partial charge in [0.25, 0.3) is 5.91 Å². The molecule has 0 saturated carbocycles. The molecule has 4 amide bonds. The molecule has 17 heteroatoms. The molecule has 0 aliphatic heterocycles. The molecule has 0 aliphatic rings. The highest BCUT2D eigenvalue weighted by atomic mass is 32.1. The number of carbonyl (C=O) groups excluding carboxylic acids is 4. The van der Waals surface area contributed by atoms with E-state index >= 15 is 0 Å². The second-order valence-corrected chi connectivity index (χ2v) is 12.1. The SMILES string of the molecule is NCCCC[C@H](NC(=O)[C@H](CCCN=C(N)N)NC(=O)c1cccs1)C(=O)N[C@@H](C(N)=O)c1ccc(OCc2ccc(C(F)(F)F)cc2)cc1. The molecule has 11 N–H and O–H groups in total. The van der Waals surface area contributed by atoms with E-state index < -0.39 is 53.5 Å². The average Bonchev–Trinajstić information content (AvgIpc) is 3.62. The van der Waals surface area contributed by atoms with Gasteiger partial charge in [-0.2, -0.15) is 13.2 Å². The van der Waals surface area contributed by atoms with Crippen LogP contribution in [0.25, 0.3) is 0 Å². The Labute approximate surface area is 291 Å². The number of guanidine groups is 1. The van der Waals surface area contributed by atoms with Gasteiger partial charge in [0.2, 0.25) is 17.7 Å². The summed E-state index contributed by atoms with van der Waals surface area (Å²) in [5, 5.41) is 9.73. The first-order valence-electron chi connectivity index (χ1n) is 15.7. The van der Waals surface area contributed by atoms with Crippen molar-refractivity contribution in [3.63, 3.8) is 0 Å². The highest BCUT2D eigenvalue weighted by Gasteiger charge is 2.31. The molecule has 1 heterocycles. The van der Waals surface area contributed by atoms with Gasteiger partial charge >= 0.3 is 6.18 Å². The molecule has 50 heavy (non-hydrogen) atoms. The summed E-state index contributed by atoms with van der Waals surface area (Å²) in [6.45, 7) is 0.547. The van der Waals surface area contributed by atoms with Crippen molar-refractivity contribution in [2.24, 2.45) is 27.9 Å². The summed E-state index contributed by atoms with van der Waals surface area (Å²) in [6, 6.07) is 10.5. The van der Waals surface area contributed by atoms with E-state index in [1.165, 1.54) is 47.7 Å². The number of nitrogens with two attached hydrogens (primary N) is 4. The van der Waals surface area contributed by atoms with E-state index in [1.54, 1.807) is 17.5 Å². The van der Waals surface area contributed by atoms with Crippen LogP contribution in [0.1, 0.15) is 64.5 Å². The first-order valence-corrected chi connectivity index (χ1v) is 16.5. The van der Waals surface area contributed by atoms with Gasteiger partial charge in [-0.05, 0) is 85.5 Å². The van der Waals surface area contributed by atoms with Crippen LogP contribution in [0.4, 0.5) is 13.2 Å². The van der Waals surface area contributed by atoms with Gasteiger partial charge in [0.05, 0.1) is 10.4 Å². The van der Waals surface area contributed by atoms with E-state index in [2.05, 4.69) is 20.9 Å². The fraction of sp³-hybridized carbons (Fsp3) is 0.364. The Morgan fingerprint density at radius 1 is 0.820 bits per heavy atom. The molecule has 270 valence electrons.